The zero-order valence-electron chi connectivity index (χ0n) is 13.4. The summed E-state index contributed by atoms with van der Waals surface area (Å²) in [5, 5.41) is 0. The second kappa shape index (κ2) is 6.58. The molecule has 0 aliphatic heterocycles. The van der Waals surface area contributed by atoms with E-state index < -0.39 is 0 Å². The van der Waals surface area contributed by atoms with Gasteiger partial charge in [0.05, 0.1) is 0 Å². The first-order valence-electron chi connectivity index (χ1n) is 7.12. The standard InChI is InChI=1S/C17H21N3O2/c1-12-8-13(2)20(16(21)9-12)18-17(22)15-7-5-6-14(10-15)11-19(3)4/h5-10H,11H2,1-4H3,(H,18,22). The summed E-state index contributed by atoms with van der Waals surface area (Å²) >= 11 is 0. The quantitative estimate of drug-likeness (QED) is 0.938. The zero-order chi connectivity index (χ0) is 16.3. The van der Waals surface area contributed by atoms with E-state index in [-0.39, 0.29) is 11.5 Å². The number of amides is 1. The molecule has 1 aromatic carbocycles. The van der Waals surface area contributed by atoms with Gasteiger partial charge in [-0.2, -0.15) is 0 Å². The Morgan fingerprint density at radius 2 is 1.91 bits per heavy atom. The second-order valence-corrected chi connectivity index (χ2v) is 5.73. The molecular formula is C17H21N3O2. The van der Waals surface area contributed by atoms with Gasteiger partial charge in [0.15, 0.2) is 0 Å². The number of pyridine rings is 1. The second-order valence-electron chi connectivity index (χ2n) is 5.73. The molecule has 0 fully saturated rings. The molecule has 0 radical (unpaired) electrons. The number of rotatable bonds is 4. The molecule has 0 aliphatic carbocycles. The maximum absolute atomic E-state index is 12.4. The number of benzene rings is 1. The number of nitrogens with zero attached hydrogens (tertiary/aromatic N) is 2. The number of hydrogen-bond acceptors (Lipinski definition) is 3. The smallest absolute Gasteiger partial charge is 0.270 e. The summed E-state index contributed by atoms with van der Waals surface area (Å²) in [4.78, 5) is 26.4. The Hall–Kier alpha value is -2.40. The highest BCUT2D eigenvalue weighted by Gasteiger charge is 2.09. The number of aromatic nitrogens is 1. The number of carbonyl (C=O) groups is 1. The van der Waals surface area contributed by atoms with Gasteiger partial charge in [-0.1, -0.05) is 12.1 Å². The Bertz CT molecular complexity index is 748. The van der Waals surface area contributed by atoms with Gasteiger partial charge in [-0.3, -0.25) is 15.0 Å². The zero-order valence-corrected chi connectivity index (χ0v) is 13.4. The van der Waals surface area contributed by atoms with Crippen molar-refractivity contribution in [1.82, 2.24) is 9.58 Å². The molecule has 1 heterocycles. The van der Waals surface area contributed by atoms with Gasteiger partial charge in [-0.25, -0.2) is 4.68 Å². The van der Waals surface area contributed by atoms with Crippen LogP contribution < -0.4 is 11.0 Å². The van der Waals surface area contributed by atoms with E-state index in [1.807, 2.05) is 50.2 Å². The van der Waals surface area contributed by atoms with Gasteiger partial charge < -0.3 is 4.90 Å². The van der Waals surface area contributed by atoms with Crippen LogP contribution in [-0.2, 0) is 6.54 Å². The summed E-state index contributed by atoms with van der Waals surface area (Å²) in [5.74, 6) is -0.297. The van der Waals surface area contributed by atoms with Crippen LogP contribution in [0.1, 0.15) is 27.2 Å². The monoisotopic (exact) mass is 299 g/mol. The van der Waals surface area contributed by atoms with Crippen molar-refractivity contribution in [3.63, 3.8) is 0 Å². The normalized spacial score (nSPS) is 10.8. The van der Waals surface area contributed by atoms with Crippen LogP contribution in [0.2, 0.25) is 0 Å². The molecule has 22 heavy (non-hydrogen) atoms. The minimum atomic E-state index is -0.297. The van der Waals surface area contributed by atoms with Crippen LogP contribution in [0.15, 0.2) is 41.2 Å². The van der Waals surface area contributed by atoms with Gasteiger partial charge in [0, 0.05) is 23.9 Å². The molecule has 0 saturated carbocycles. The minimum absolute atomic E-state index is 0.240. The first-order valence-corrected chi connectivity index (χ1v) is 7.12. The molecule has 2 rings (SSSR count). The van der Waals surface area contributed by atoms with Gasteiger partial charge >= 0.3 is 0 Å². The van der Waals surface area contributed by atoms with Gasteiger partial charge in [0.25, 0.3) is 11.5 Å². The van der Waals surface area contributed by atoms with Crippen molar-refractivity contribution in [3.8, 4) is 0 Å². The van der Waals surface area contributed by atoms with E-state index in [1.54, 1.807) is 13.0 Å². The molecule has 5 nitrogen and oxygen atoms in total. The molecule has 2 aromatic rings. The Morgan fingerprint density at radius 3 is 2.55 bits per heavy atom. The lowest BCUT2D eigenvalue weighted by Gasteiger charge is -2.13. The number of carbonyl (C=O) groups excluding carboxylic acids is 1. The summed E-state index contributed by atoms with van der Waals surface area (Å²) in [7, 11) is 3.95. The Kier molecular flexibility index (Phi) is 4.78. The molecule has 0 aliphatic rings. The average molecular weight is 299 g/mol. The SMILES string of the molecule is Cc1cc(C)n(NC(=O)c2cccc(CN(C)C)c2)c(=O)c1. The fraction of sp³-hybridized carbons (Fsp3) is 0.294. The first-order chi connectivity index (χ1) is 10.4. The predicted octanol–water partition coefficient (Wildman–Crippen LogP) is 1.91. The molecule has 0 atom stereocenters. The first kappa shape index (κ1) is 16.0. The summed E-state index contributed by atoms with van der Waals surface area (Å²) in [6.07, 6.45) is 0. The molecular weight excluding hydrogens is 278 g/mol. The highest BCUT2D eigenvalue weighted by Crippen LogP contribution is 2.08. The summed E-state index contributed by atoms with van der Waals surface area (Å²) < 4.78 is 1.27. The van der Waals surface area contributed by atoms with E-state index in [2.05, 4.69) is 5.43 Å². The molecule has 0 bridgehead atoms. The van der Waals surface area contributed by atoms with Crippen molar-refractivity contribution in [2.75, 3.05) is 19.5 Å². The lowest BCUT2D eigenvalue weighted by Crippen LogP contribution is -2.34. The van der Waals surface area contributed by atoms with Gasteiger partial charge in [0.1, 0.15) is 0 Å². The molecule has 0 spiro atoms. The summed E-state index contributed by atoms with van der Waals surface area (Å²) in [5.41, 5.74) is 5.57. The van der Waals surface area contributed by atoms with Crippen molar-refractivity contribution in [3.05, 3.63) is 69.1 Å². The fourth-order valence-corrected chi connectivity index (χ4v) is 2.35. The van der Waals surface area contributed by atoms with Crippen LogP contribution in [0.5, 0.6) is 0 Å². The molecule has 0 saturated heterocycles. The number of nitrogens with one attached hydrogen (secondary N) is 1. The average Bonchev–Trinajstić information content (AvgIpc) is 2.42. The number of hydrogen-bond donors (Lipinski definition) is 1. The van der Waals surface area contributed by atoms with E-state index in [0.717, 1.165) is 17.7 Å². The summed E-state index contributed by atoms with van der Waals surface area (Å²) in [6, 6.07) is 10.7. The molecule has 1 amide bonds. The maximum Gasteiger partial charge on any atom is 0.270 e. The third kappa shape index (κ3) is 3.83. The predicted molar refractivity (Wildman–Crippen MR) is 87.7 cm³/mol. The van der Waals surface area contributed by atoms with Crippen molar-refractivity contribution in [1.29, 1.82) is 0 Å². The van der Waals surface area contributed by atoms with Crippen molar-refractivity contribution in [2.45, 2.75) is 20.4 Å². The topological polar surface area (TPSA) is 54.3 Å². The Balaban J connectivity index is 2.25. The van der Waals surface area contributed by atoms with Crippen molar-refractivity contribution >= 4 is 5.91 Å². The van der Waals surface area contributed by atoms with E-state index in [0.29, 0.717) is 11.3 Å². The van der Waals surface area contributed by atoms with E-state index in [1.165, 1.54) is 10.7 Å². The van der Waals surface area contributed by atoms with Gasteiger partial charge in [-0.05, 0) is 57.3 Å². The lowest BCUT2D eigenvalue weighted by atomic mass is 10.1. The highest BCUT2D eigenvalue weighted by molar-refractivity contribution is 6.00. The largest absolute Gasteiger partial charge is 0.305 e. The summed E-state index contributed by atoms with van der Waals surface area (Å²) in [6.45, 7) is 4.40. The van der Waals surface area contributed by atoms with Crippen LogP contribution in [0.4, 0.5) is 0 Å². The molecule has 116 valence electrons. The minimum Gasteiger partial charge on any atom is -0.305 e. The molecule has 1 aromatic heterocycles. The van der Waals surface area contributed by atoms with E-state index >= 15 is 0 Å². The van der Waals surface area contributed by atoms with Crippen LogP contribution in [0, 0.1) is 13.8 Å². The van der Waals surface area contributed by atoms with Gasteiger partial charge in [0.2, 0.25) is 0 Å². The molecule has 1 N–H and O–H groups in total. The Labute approximate surface area is 130 Å². The molecule has 0 unspecified atom stereocenters. The van der Waals surface area contributed by atoms with Gasteiger partial charge in [-0.15, -0.1) is 0 Å². The van der Waals surface area contributed by atoms with E-state index in [9.17, 15) is 9.59 Å². The van der Waals surface area contributed by atoms with Crippen molar-refractivity contribution in [2.24, 2.45) is 0 Å². The van der Waals surface area contributed by atoms with E-state index in [4.69, 9.17) is 0 Å². The fourth-order valence-electron chi connectivity index (χ4n) is 2.35. The van der Waals surface area contributed by atoms with Crippen LogP contribution in [0.3, 0.4) is 0 Å². The molecule has 5 heteroatoms. The van der Waals surface area contributed by atoms with Crippen LogP contribution >= 0.6 is 0 Å². The lowest BCUT2D eigenvalue weighted by molar-refractivity contribution is 0.101. The highest BCUT2D eigenvalue weighted by atomic mass is 16.2. The third-order valence-electron chi connectivity index (χ3n) is 3.26. The number of aryl methyl sites for hydroxylation is 2. The maximum atomic E-state index is 12.4. The van der Waals surface area contributed by atoms with Crippen molar-refractivity contribution < 1.29 is 4.79 Å². The third-order valence-corrected chi connectivity index (χ3v) is 3.26. The van der Waals surface area contributed by atoms with Crippen LogP contribution in [-0.4, -0.2) is 29.6 Å². The van der Waals surface area contributed by atoms with Crippen LogP contribution in [0.25, 0.3) is 0 Å². The Morgan fingerprint density at radius 1 is 1.18 bits per heavy atom.